The fraction of sp³-hybridized carbons (Fsp3) is 0.500. The predicted octanol–water partition coefficient (Wildman–Crippen LogP) is 3.38. The molecule has 0 saturated heterocycles. The third-order valence-electron chi connectivity index (χ3n) is 2.15. The van der Waals surface area contributed by atoms with E-state index in [4.69, 9.17) is 0 Å². The van der Waals surface area contributed by atoms with Crippen LogP contribution < -0.4 is 5.32 Å². The second-order valence-corrected chi connectivity index (χ2v) is 4.93. The van der Waals surface area contributed by atoms with Gasteiger partial charge in [0.05, 0.1) is 0 Å². The van der Waals surface area contributed by atoms with Gasteiger partial charge in [-0.3, -0.25) is 5.32 Å². The third-order valence-corrected chi connectivity index (χ3v) is 2.15. The third kappa shape index (κ3) is 3.93. The van der Waals surface area contributed by atoms with Gasteiger partial charge in [-0.05, 0) is 26.8 Å². The van der Waals surface area contributed by atoms with E-state index in [-0.39, 0.29) is 11.3 Å². The normalized spacial score (nSPS) is 14.7. The van der Waals surface area contributed by atoms with E-state index in [0.29, 0.717) is 0 Å². The van der Waals surface area contributed by atoms with Gasteiger partial charge in [-0.15, -0.1) is 0 Å². The maximum atomic E-state index is 12.9. The molecule has 0 aliphatic carbocycles. The monoisotopic (exact) mass is 247 g/mol. The first kappa shape index (κ1) is 13.8. The van der Waals surface area contributed by atoms with Crippen molar-refractivity contribution in [1.82, 2.24) is 5.32 Å². The van der Waals surface area contributed by atoms with Crippen molar-refractivity contribution in [2.24, 2.45) is 0 Å². The summed E-state index contributed by atoms with van der Waals surface area (Å²) in [6.45, 7) is 4.93. The number of rotatable bonds is 2. The van der Waals surface area contributed by atoms with Crippen molar-refractivity contribution in [3.63, 3.8) is 0 Å². The molecule has 1 aromatic rings. The Kier molecular flexibility index (Phi) is 3.71. The van der Waals surface area contributed by atoms with Crippen LogP contribution in [-0.4, -0.2) is 16.8 Å². The van der Waals surface area contributed by atoms with Crippen molar-refractivity contribution >= 4 is 0 Å². The van der Waals surface area contributed by atoms with Crippen molar-refractivity contribution in [2.45, 2.75) is 38.5 Å². The largest absolute Gasteiger partial charge is 0.508 e. The van der Waals surface area contributed by atoms with Gasteiger partial charge in [-0.2, -0.15) is 13.2 Å². The summed E-state index contributed by atoms with van der Waals surface area (Å²) in [5.41, 5.74) is -0.863. The van der Waals surface area contributed by atoms with Crippen LogP contribution in [0, 0.1) is 0 Å². The van der Waals surface area contributed by atoms with Crippen LogP contribution in [0.5, 0.6) is 5.75 Å². The summed E-state index contributed by atoms with van der Waals surface area (Å²) in [6.07, 6.45) is -4.45. The van der Waals surface area contributed by atoms with Crippen molar-refractivity contribution in [1.29, 1.82) is 0 Å². The number of phenolic OH excluding ortho intramolecular Hbond substituents is 1. The van der Waals surface area contributed by atoms with Crippen LogP contribution in [0.15, 0.2) is 24.3 Å². The second-order valence-electron chi connectivity index (χ2n) is 4.93. The minimum atomic E-state index is -4.45. The van der Waals surface area contributed by atoms with Gasteiger partial charge >= 0.3 is 6.18 Å². The van der Waals surface area contributed by atoms with E-state index in [9.17, 15) is 18.3 Å². The smallest absolute Gasteiger partial charge is 0.408 e. The minimum absolute atomic E-state index is 0.157. The Bertz CT molecular complexity index is 382. The van der Waals surface area contributed by atoms with E-state index < -0.39 is 17.8 Å². The molecule has 0 amide bonds. The summed E-state index contributed by atoms with van der Waals surface area (Å²) in [7, 11) is 0. The minimum Gasteiger partial charge on any atom is -0.508 e. The molecule has 1 unspecified atom stereocenters. The zero-order chi connectivity index (χ0) is 13.3. The van der Waals surface area contributed by atoms with E-state index >= 15 is 0 Å². The van der Waals surface area contributed by atoms with Gasteiger partial charge in [0, 0.05) is 11.1 Å². The van der Waals surface area contributed by atoms with Crippen molar-refractivity contribution in [3.8, 4) is 5.75 Å². The molecule has 0 bridgehead atoms. The Balaban J connectivity index is 3.13. The number of hydrogen-bond acceptors (Lipinski definition) is 2. The van der Waals surface area contributed by atoms with E-state index in [2.05, 4.69) is 5.32 Å². The van der Waals surface area contributed by atoms with Gasteiger partial charge in [-0.1, -0.05) is 18.2 Å². The Hall–Kier alpha value is -1.23. The summed E-state index contributed by atoms with van der Waals surface area (Å²) in [5, 5.41) is 12.0. The lowest BCUT2D eigenvalue weighted by atomic mass is 10.0. The lowest BCUT2D eigenvalue weighted by Crippen LogP contribution is -2.45. The molecule has 0 aliphatic heterocycles. The maximum absolute atomic E-state index is 12.9. The van der Waals surface area contributed by atoms with E-state index in [1.807, 2.05) is 0 Å². The van der Waals surface area contributed by atoms with Gasteiger partial charge in [0.25, 0.3) is 0 Å². The highest BCUT2D eigenvalue weighted by Gasteiger charge is 2.43. The quantitative estimate of drug-likeness (QED) is 0.839. The summed E-state index contributed by atoms with van der Waals surface area (Å²) < 4.78 is 38.8. The Morgan fingerprint density at radius 1 is 1.12 bits per heavy atom. The molecule has 17 heavy (non-hydrogen) atoms. The summed E-state index contributed by atoms with van der Waals surface area (Å²) >= 11 is 0. The first-order valence-corrected chi connectivity index (χ1v) is 5.23. The molecule has 0 spiro atoms. The molecule has 1 rings (SSSR count). The maximum Gasteiger partial charge on any atom is 0.408 e. The molecule has 1 atom stereocenters. The highest BCUT2D eigenvalue weighted by atomic mass is 19.4. The highest BCUT2D eigenvalue weighted by molar-refractivity contribution is 5.35. The number of alkyl halides is 3. The molecule has 2 nitrogen and oxygen atoms in total. The molecule has 0 saturated carbocycles. The first-order valence-electron chi connectivity index (χ1n) is 5.23. The molecule has 96 valence electrons. The van der Waals surface area contributed by atoms with E-state index in [0.717, 1.165) is 0 Å². The molecule has 0 aliphatic rings. The number of nitrogens with one attached hydrogen (secondary N) is 1. The van der Waals surface area contributed by atoms with Crippen LogP contribution in [0.3, 0.4) is 0 Å². The van der Waals surface area contributed by atoms with Crippen LogP contribution in [0.2, 0.25) is 0 Å². The zero-order valence-corrected chi connectivity index (χ0v) is 9.97. The lowest BCUT2D eigenvalue weighted by Gasteiger charge is -2.30. The molecule has 0 radical (unpaired) electrons. The standard InChI is InChI=1S/C12H16F3NO/c1-11(2,3)16-10(12(13,14)15)8-6-4-5-7-9(8)17/h4-7,10,16-17H,1-3H3. The van der Waals surface area contributed by atoms with Crippen molar-refractivity contribution < 1.29 is 18.3 Å². The zero-order valence-electron chi connectivity index (χ0n) is 9.97. The van der Waals surface area contributed by atoms with Gasteiger partial charge in [-0.25, -0.2) is 0 Å². The number of phenols is 1. The van der Waals surface area contributed by atoms with Gasteiger partial charge in [0.1, 0.15) is 11.8 Å². The summed E-state index contributed by atoms with van der Waals surface area (Å²) in [4.78, 5) is 0. The van der Waals surface area contributed by atoms with Crippen LogP contribution >= 0.6 is 0 Å². The SMILES string of the molecule is CC(C)(C)NC(c1ccccc1O)C(F)(F)F. The van der Waals surface area contributed by atoms with Crippen LogP contribution in [0.4, 0.5) is 13.2 Å². The predicted molar refractivity (Wildman–Crippen MR) is 59.8 cm³/mol. The van der Waals surface area contributed by atoms with Gasteiger partial charge in [0.15, 0.2) is 0 Å². The number of benzene rings is 1. The second kappa shape index (κ2) is 4.56. The number of halogens is 3. The molecule has 0 aromatic heterocycles. The fourth-order valence-electron chi connectivity index (χ4n) is 1.50. The molecule has 0 fully saturated rings. The lowest BCUT2D eigenvalue weighted by molar-refractivity contribution is -0.162. The number of para-hydroxylation sites is 1. The average Bonchev–Trinajstić information content (AvgIpc) is 2.12. The molecule has 1 aromatic carbocycles. The van der Waals surface area contributed by atoms with Crippen molar-refractivity contribution in [3.05, 3.63) is 29.8 Å². The first-order chi connectivity index (χ1) is 7.61. The summed E-state index contributed by atoms with van der Waals surface area (Å²) in [5.74, 6) is -0.355. The van der Waals surface area contributed by atoms with Gasteiger partial charge < -0.3 is 5.11 Å². The van der Waals surface area contributed by atoms with Crippen LogP contribution in [0.25, 0.3) is 0 Å². The Morgan fingerprint density at radius 3 is 2.06 bits per heavy atom. The van der Waals surface area contributed by atoms with Crippen molar-refractivity contribution in [2.75, 3.05) is 0 Å². The fourth-order valence-corrected chi connectivity index (χ4v) is 1.50. The molecular weight excluding hydrogens is 231 g/mol. The Morgan fingerprint density at radius 2 is 1.65 bits per heavy atom. The van der Waals surface area contributed by atoms with E-state index in [1.54, 1.807) is 20.8 Å². The molecular formula is C12H16F3NO. The van der Waals surface area contributed by atoms with Crippen LogP contribution in [-0.2, 0) is 0 Å². The van der Waals surface area contributed by atoms with Gasteiger partial charge in [0.2, 0.25) is 0 Å². The average molecular weight is 247 g/mol. The molecule has 2 N–H and O–H groups in total. The van der Waals surface area contributed by atoms with E-state index in [1.165, 1.54) is 24.3 Å². The van der Waals surface area contributed by atoms with Crippen LogP contribution in [0.1, 0.15) is 32.4 Å². The Labute approximate surface area is 98.5 Å². The highest BCUT2D eigenvalue weighted by Crippen LogP contribution is 2.37. The topological polar surface area (TPSA) is 32.3 Å². The number of aromatic hydroxyl groups is 1. The molecule has 0 heterocycles. The number of hydrogen-bond donors (Lipinski definition) is 2. The molecule has 5 heteroatoms. The summed E-state index contributed by atoms with van der Waals surface area (Å²) in [6, 6.07) is 3.61.